The highest BCUT2D eigenvalue weighted by Gasteiger charge is 2.20. The van der Waals surface area contributed by atoms with Crippen LogP contribution in [0.4, 0.5) is 0 Å². The van der Waals surface area contributed by atoms with Crippen LogP contribution in [-0.2, 0) is 16.1 Å². The predicted molar refractivity (Wildman–Crippen MR) is 132 cm³/mol. The Bertz CT molecular complexity index is 966. The van der Waals surface area contributed by atoms with Crippen molar-refractivity contribution in [3.05, 3.63) is 71.1 Å². The molecule has 8 heteroatoms. The topological polar surface area (TPSA) is 103 Å². The van der Waals surface area contributed by atoms with Gasteiger partial charge in [-0.05, 0) is 73.4 Å². The molecule has 2 aromatic carbocycles. The van der Waals surface area contributed by atoms with Gasteiger partial charge in [0, 0.05) is 25.0 Å². The van der Waals surface area contributed by atoms with Gasteiger partial charge in [-0.1, -0.05) is 30.3 Å². The Morgan fingerprint density at radius 1 is 1.33 bits per heavy atom. The van der Waals surface area contributed by atoms with Crippen LogP contribution in [0.3, 0.4) is 0 Å². The monoisotopic (exact) mass is 470 g/mol. The van der Waals surface area contributed by atoms with Gasteiger partial charge in [0.05, 0.1) is 17.9 Å². The first-order valence-corrected chi connectivity index (χ1v) is 12.1. The Labute approximate surface area is 200 Å². The van der Waals surface area contributed by atoms with Crippen molar-refractivity contribution in [3.63, 3.8) is 0 Å². The zero-order chi connectivity index (χ0) is 23.6. The van der Waals surface area contributed by atoms with Crippen molar-refractivity contribution in [1.82, 2.24) is 9.73 Å². The number of aryl methyl sites for hydroxylation is 1. The summed E-state index contributed by atoms with van der Waals surface area (Å²) in [5.41, 5.74) is 12.7. The molecule has 0 aromatic heterocycles. The van der Waals surface area contributed by atoms with Crippen LogP contribution in [0.2, 0.25) is 0 Å². The molecule has 0 fully saturated rings. The average molecular weight is 471 g/mol. The molecule has 5 N–H and O–H groups in total. The smallest absolute Gasteiger partial charge is 0.306 e. The van der Waals surface area contributed by atoms with E-state index >= 15 is 0 Å². The minimum Gasteiger partial charge on any atom is -0.491 e. The van der Waals surface area contributed by atoms with E-state index in [0.29, 0.717) is 31.8 Å². The van der Waals surface area contributed by atoms with E-state index in [-0.39, 0.29) is 11.9 Å². The Kier molecular flexibility index (Phi) is 9.47. The van der Waals surface area contributed by atoms with Crippen molar-refractivity contribution >= 4 is 17.9 Å². The molecular formula is C25H34N4O3S. The molecule has 178 valence electrons. The van der Waals surface area contributed by atoms with Crippen molar-refractivity contribution in [1.29, 1.82) is 0 Å². The van der Waals surface area contributed by atoms with Crippen LogP contribution in [0.1, 0.15) is 48.8 Å². The van der Waals surface area contributed by atoms with E-state index in [1.54, 1.807) is 18.1 Å². The number of nitrogens with two attached hydrogens (primary N) is 2. The molecule has 0 saturated carbocycles. The lowest BCUT2D eigenvalue weighted by Gasteiger charge is -2.22. The van der Waals surface area contributed by atoms with E-state index in [0.717, 1.165) is 35.7 Å². The molecule has 0 radical (unpaired) electrons. The molecule has 2 aromatic rings. The van der Waals surface area contributed by atoms with E-state index in [1.807, 2.05) is 25.1 Å². The summed E-state index contributed by atoms with van der Waals surface area (Å²) < 4.78 is 13.5. The van der Waals surface area contributed by atoms with Crippen molar-refractivity contribution in [2.45, 2.75) is 50.5 Å². The van der Waals surface area contributed by atoms with Gasteiger partial charge in [-0.2, -0.15) is 0 Å². The lowest BCUT2D eigenvalue weighted by atomic mass is 9.88. The fourth-order valence-corrected chi connectivity index (χ4v) is 4.84. The molecule has 1 unspecified atom stereocenters. The highest BCUT2D eigenvalue weighted by Crippen LogP contribution is 2.35. The van der Waals surface area contributed by atoms with Crippen LogP contribution in [0.5, 0.6) is 5.75 Å². The second kappa shape index (κ2) is 12.5. The average Bonchev–Trinajstić information content (AvgIpc) is 3.00. The SMILES string of the molecule is CCOC(=O)CC(CC/C(N)=C/NN)c1ccc(C)c(CN2CCOc3ccccc3S2)c1. The van der Waals surface area contributed by atoms with Crippen LogP contribution in [0.15, 0.2) is 59.3 Å². The number of nitrogens with one attached hydrogen (secondary N) is 1. The summed E-state index contributed by atoms with van der Waals surface area (Å²) in [5.74, 6) is 6.09. The van der Waals surface area contributed by atoms with E-state index in [9.17, 15) is 4.79 Å². The molecule has 1 atom stereocenters. The van der Waals surface area contributed by atoms with Crippen molar-refractivity contribution in [2.24, 2.45) is 11.6 Å². The van der Waals surface area contributed by atoms with Gasteiger partial charge < -0.3 is 20.6 Å². The number of allylic oxidation sites excluding steroid dienone is 1. The van der Waals surface area contributed by atoms with Gasteiger partial charge in [0.25, 0.3) is 0 Å². The number of carbonyl (C=O) groups is 1. The molecule has 1 aliphatic heterocycles. The van der Waals surface area contributed by atoms with Crippen LogP contribution in [0.25, 0.3) is 0 Å². The summed E-state index contributed by atoms with van der Waals surface area (Å²) >= 11 is 1.72. The zero-order valence-corrected chi connectivity index (χ0v) is 20.2. The number of para-hydroxylation sites is 1. The first-order valence-electron chi connectivity index (χ1n) is 11.3. The number of hydrogen-bond donors (Lipinski definition) is 3. The van der Waals surface area contributed by atoms with Crippen molar-refractivity contribution in [3.8, 4) is 5.75 Å². The van der Waals surface area contributed by atoms with Crippen LogP contribution >= 0.6 is 11.9 Å². The Morgan fingerprint density at radius 3 is 2.94 bits per heavy atom. The maximum absolute atomic E-state index is 12.3. The summed E-state index contributed by atoms with van der Waals surface area (Å²) in [6, 6.07) is 14.6. The fourth-order valence-electron chi connectivity index (χ4n) is 3.83. The first kappa shape index (κ1) is 25.0. The molecule has 3 rings (SSSR count). The van der Waals surface area contributed by atoms with Gasteiger partial charge in [0.1, 0.15) is 12.4 Å². The van der Waals surface area contributed by atoms with Gasteiger partial charge in [0.15, 0.2) is 0 Å². The maximum atomic E-state index is 12.3. The van der Waals surface area contributed by atoms with Gasteiger partial charge in [-0.15, -0.1) is 0 Å². The Morgan fingerprint density at radius 2 is 2.15 bits per heavy atom. The number of nitrogens with zero attached hydrogens (tertiary/aromatic N) is 1. The standard InChI is InChI=1S/C25H34N4O3S/c1-3-31-25(30)15-20(10-11-22(26)16-28-27)19-9-8-18(2)21(14-19)17-29-12-13-32-23-6-4-5-7-24(23)33-29/h4-9,14,16,20,28H,3,10-13,15,17,26-27H2,1-2H3/b22-16-. The third-order valence-electron chi connectivity index (χ3n) is 5.63. The molecule has 1 aliphatic rings. The lowest BCUT2D eigenvalue weighted by Crippen LogP contribution is -2.20. The first-order chi connectivity index (χ1) is 16.0. The number of hydrazine groups is 1. The summed E-state index contributed by atoms with van der Waals surface area (Å²) in [6.07, 6.45) is 3.26. The van der Waals surface area contributed by atoms with Crippen LogP contribution < -0.4 is 21.7 Å². The molecule has 1 heterocycles. The zero-order valence-electron chi connectivity index (χ0n) is 19.4. The number of rotatable bonds is 10. The van der Waals surface area contributed by atoms with E-state index in [4.69, 9.17) is 21.1 Å². The second-order valence-electron chi connectivity index (χ2n) is 8.07. The molecular weight excluding hydrogens is 436 g/mol. The number of ether oxygens (including phenoxy) is 2. The van der Waals surface area contributed by atoms with Crippen molar-refractivity contribution < 1.29 is 14.3 Å². The summed E-state index contributed by atoms with van der Waals surface area (Å²) in [7, 11) is 0. The minimum absolute atomic E-state index is 0.00831. The van der Waals surface area contributed by atoms with Crippen LogP contribution in [0, 0.1) is 6.92 Å². The summed E-state index contributed by atoms with van der Waals surface area (Å²) in [4.78, 5) is 13.4. The Balaban J connectivity index is 1.78. The van der Waals surface area contributed by atoms with E-state index < -0.39 is 0 Å². The van der Waals surface area contributed by atoms with Crippen LogP contribution in [-0.4, -0.2) is 30.0 Å². The third-order valence-corrected chi connectivity index (χ3v) is 6.74. The second-order valence-corrected chi connectivity index (χ2v) is 9.21. The highest BCUT2D eigenvalue weighted by molar-refractivity contribution is 7.97. The number of benzene rings is 2. The minimum atomic E-state index is -0.194. The highest BCUT2D eigenvalue weighted by atomic mass is 32.2. The summed E-state index contributed by atoms with van der Waals surface area (Å²) in [6.45, 7) is 6.58. The van der Waals surface area contributed by atoms with Gasteiger partial charge in [-0.25, -0.2) is 4.31 Å². The largest absolute Gasteiger partial charge is 0.491 e. The fraction of sp³-hybridized carbons (Fsp3) is 0.400. The van der Waals surface area contributed by atoms with Gasteiger partial charge in [-0.3, -0.25) is 10.6 Å². The lowest BCUT2D eigenvalue weighted by molar-refractivity contribution is -0.143. The van der Waals surface area contributed by atoms with Gasteiger partial charge >= 0.3 is 5.97 Å². The number of hydrogen-bond acceptors (Lipinski definition) is 8. The molecule has 0 bridgehead atoms. The molecule has 7 nitrogen and oxygen atoms in total. The molecule has 0 spiro atoms. The third kappa shape index (κ3) is 7.42. The number of esters is 1. The van der Waals surface area contributed by atoms with Gasteiger partial charge in [0.2, 0.25) is 0 Å². The number of carbonyl (C=O) groups excluding carboxylic acids is 1. The maximum Gasteiger partial charge on any atom is 0.306 e. The summed E-state index contributed by atoms with van der Waals surface area (Å²) in [5, 5.41) is 0. The Hall–Kier alpha value is -2.68. The molecule has 0 amide bonds. The van der Waals surface area contributed by atoms with E-state index in [1.165, 1.54) is 11.1 Å². The quantitative estimate of drug-likeness (QED) is 0.207. The molecule has 33 heavy (non-hydrogen) atoms. The number of fused-ring (bicyclic) bond motifs is 1. The van der Waals surface area contributed by atoms with Crippen molar-refractivity contribution in [2.75, 3.05) is 19.8 Å². The molecule has 0 saturated heterocycles. The van der Waals surface area contributed by atoms with E-state index in [2.05, 4.69) is 40.9 Å². The predicted octanol–water partition coefficient (Wildman–Crippen LogP) is 3.98. The molecule has 0 aliphatic carbocycles. The normalized spacial score (nSPS) is 15.2.